The van der Waals surface area contributed by atoms with Gasteiger partial charge in [0.05, 0.1) is 0 Å². The molecule has 2 N–H and O–H groups in total. The molecule has 2 nitrogen and oxygen atoms in total. The van der Waals surface area contributed by atoms with Gasteiger partial charge in [-0.3, -0.25) is 4.79 Å². The highest BCUT2D eigenvalue weighted by atomic mass is 16.1. The van der Waals surface area contributed by atoms with E-state index in [1.165, 1.54) is 16.7 Å². The van der Waals surface area contributed by atoms with Crippen molar-refractivity contribution >= 4 is 5.91 Å². The molecule has 0 bridgehead atoms. The number of carbonyl (C=O) groups is 1. The van der Waals surface area contributed by atoms with Crippen molar-refractivity contribution in [3.8, 4) is 0 Å². The van der Waals surface area contributed by atoms with E-state index in [2.05, 4.69) is 19.9 Å². The summed E-state index contributed by atoms with van der Waals surface area (Å²) >= 11 is 0. The van der Waals surface area contributed by atoms with Crippen LogP contribution in [-0.4, -0.2) is 5.91 Å². The standard InChI is InChI=1S/C11H15NO/c1-8-4-3-5-10(9(8)2)6-7-11(12)13/h3-5H,6-7H2,1-2H3,(H2,12,13). The van der Waals surface area contributed by atoms with Gasteiger partial charge in [0.1, 0.15) is 0 Å². The molecule has 0 saturated heterocycles. The number of carbonyl (C=O) groups excluding carboxylic acids is 1. The fourth-order valence-corrected chi connectivity index (χ4v) is 1.34. The molecule has 0 saturated carbocycles. The van der Waals surface area contributed by atoms with Crippen molar-refractivity contribution in [3.63, 3.8) is 0 Å². The summed E-state index contributed by atoms with van der Waals surface area (Å²) in [4.78, 5) is 10.6. The summed E-state index contributed by atoms with van der Waals surface area (Å²) in [6, 6.07) is 6.13. The minimum Gasteiger partial charge on any atom is -0.370 e. The predicted octanol–water partition coefficient (Wildman–Crippen LogP) is 1.72. The van der Waals surface area contributed by atoms with Crippen LogP contribution in [0.2, 0.25) is 0 Å². The van der Waals surface area contributed by atoms with E-state index >= 15 is 0 Å². The first-order chi connectivity index (χ1) is 6.11. The van der Waals surface area contributed by atoms with Gasteiger partial charge in [-0.15, -0.1) is 0 Å². The molecule has 0 aromatic heterocycles. The van der Waals surface area contributed by atoms with E-state index in [9.17, 15) is 4.79 Å². The molecule has 1 aromatic carbocycles. The lowest BCUT2D eigenvalue weighted by Crippen LogP contribution is -2.11. The Balaban J connectivity index is 2.77. The van der Waals surface area contributed by atoms with E-state index < -0.39 is 0 Å². The fourth-order valence-electron chi connectivity index (χ4n) is 1.34. The molecule has 0 heterocycles. The first-order valence-electron chi connectivity index (χ1n) is 4.44. The molecule has 0 aliphatic heterocycles. The van der Waals surface area contributed by atoms with Crippen LogP contribution < -0.4 is 5.73 Å². The van der Waals surface area contributed by atoms with Gasteiger partial charge in [-0.2, -0.15) is 0 Å². The number of rotatable bonds is 3. The minimum atomic E-state index is -0.235. The summed E-state index contributed by atoms with van der Waals surface area (Å²) in [5.41, 5.74) is 8.84. The Labute approximate surface area is 78.8 Å². The van der Waals surface area contributed by atoms with Crippen LogP contribution in [-0.2, 0) is 11.2 Å². The zero-order valence-corrected chi connectivity index (χ0v) is 8.13. The molecule has 1 aromatic rings. The second-order valence-electron chi connectivity index (χ2n) is 3.33. The predicted molar refractivity (Wildman–Crippen MR) is 53.4 cm³/mol. The molecule has 1 amide bonds. The average Bonchev–Trinajstić information content (AvgIpc) is 2.07. The smallest absolute Gasteiger partial charge is 0.217 e. The number of nitrogens with two attached hydrogens (primary N) is 1. The zero-order chi connectivity index (χ0) is 9.84. The Bertz CT molecular complexity index is 318. The summed E-state index contributed by atoms with van der Waals surface area (Å²) in [5.74, 6) is -0.235. The first kappa shape index (κ1) is 9.78. The molecule has 0 spiro atoms. The third kappa shape index (κ3) is 2.58. The van der Waals surface area contributed by atoms with Gasteiger partial charge in [0.15, 0.2) is 0 Å². The Morgan fingerprint density at radius 2 is 2.08 bits per heavy atom. The molecule has 0 aliphatic carbocycles. The van der Waals surface area contributed by atoms with Crippen LogP contribution in [0, 0.1) is 13.8 Å². The van der Waals surface area contributed by atoms with Crippen molar-refractivity contribution in [1.82, 2.24) is 0 Å². The fraction of sp³-hybridized carbons (Fsp3) is 0.364. The lowest BCUT2D eigenvalue weighted by Gasteiger charge is -2.06. The van der Waals surface area contributed by atoms with Gasteiger partial charge in [0.2, 0.25) is 5.91 Å². The third-order valence-electron chi connectivity index (χ3n) is 2.36. The molecule has 0 aliphatic rings. The van der Waals surface area contributed by atoms with Crippen LogP contribution in [0.5, 0.6) is 0 Å². The molecule has 13 heavy (non-hydrogen) atoms. The maximum absolute atomic E-state index is 10.6. The normalized spacial score (nSPS) is 10.0. The molecule has 0 radical (unpaired) electrons. The third-order valence-corrected chi connectivity index (χ3v) is 2.36. The molecule has 70 valence electrons. The molecule has 0 unspecified atom stereocenters. The van der Waals surface area contributed by atoms with E-state index in [1.54, 1.807) is 0 Å². The highest BCUT2D eigenvalue weighted by Crippen LogP contribution is 2.13. The minimum absolute atomic E-state index is 0.235. The van der Waals surface area contributed by atoms with Crippen LogP contribution >= 0.6 is 0 Å². The molecular weight excluding hydrogens is 162 g/mol. The van der Waals surface area contributed by atoms with Crippen molar-refractivity contribution in [2.45, 2.75) is 26.7 Å². The monoisotopic (exact) mass is 177 g/mol. The summed E-state index contributed by atoms with van der Waals surface area (Å²) in [6.07, 6.45) is 1.19. The molecular formula is C11H15NO. The average molecular weight is 177 g/mol. The Kier molecular flexibility index (Phi) is 3.07. The van der Waals surface area contributed by atoms with E-state index in [4.69, 9.17) is 5.73 Å². The topological polar surface area (TPSA) is 43.1 Å². The number of hydrogen-bond donors (Lipinski definition) is 1. The van der Waals surface area contributed by atoms with Crippen molar-refractivity contribution in [2.24, 2.45) is 5.73 Å². The molecule has 0 atom stereocenters. The lowest BCUT2D eigenvalue weighted by molar-refractivity contribution is -0.117. The van der Waals surface area contributed by atoms with Crippen molar-refractivity contribution in [2.75, 3.05) is 0 Å². The highest BCUT2D eigenvalue weighted by Gasteiger charge is 2.01. The maximum Gasteiger partial charge on any atom is 0.217 e. The van der Waals surface area contributed by atoms with Crippen molar-refractivity contribution < 1.29 is 4.79 Å². The first-order valence-corrected chi connectivity index (χ1v) is 4.44. The summed E-state index contributed by atoms with van der Waals surface area (Å²) < 4.78 is 0. The van der Waals surface area contributed by atoms with Gasteiger partial charge in [0, 0.05) is 6.42 Å². The molecule has 1 rings (SSSR count). The maximum atomic E-state index is 10.6. The Morgan fingerprint density at radius 1 is 1.38 bits per heavy atom. The number of aryl methyl sites for hydroxylation is 2. The van der Waals surface area contributed by atoms with E-state index in [0.717, 1.165) is 6.42 Å². The van der Waals surface area contributed by atoms with Gasteiger partial charge in [0.25, 0.3) is 0 Å². The zero-order valence-electron chi connectivity index (χ0n) is 8.13. The summed E-state index contributed by atoms with van der Waals surface area (Å²) in [5, 5.41) is 0. The van der Waals surface area contributed by atoms with Crippen LogP contribution in [0.15, 0.2) is 18.2 Å². The van der Waals surface area contributed by atoms with Gasteiger partial charge in [-0.1, -0.05) is 18.2 Å². The van der Waals surface area contributed by atoms with Crippen LogP contribution in [0.25, 0.3) is 0 Å². The van der Waals surface area contributed by atoms with Crippen LogP contribution in [0.4, 0.5) is 0 Å². The van der Waals surface area contributed by atoms with Gasteiger partial charge in [-0.05, 0) is 37.0 Å². The van der Waals surface area contributed by atoms with Crippen LogP contribution in [0.1, 0.15) is 23.1 Å². The SMILES string of the molecule is Cc1cccc(CCC(N)=O)c1C. The quantitative estimate of drug-likeness (QED) is 0.750. The highest BCUT2D eigenvalue weighted by molar-refractivity contribution is 5.74. The van der Waals surface area contributed by atoms with Crippen LogP contribution in [0.3, 0.4) is 0 Å². The Morgan fingerprint density at radius 3 is 2.69 bits per heavy atom. The van der Waals surface area contributed by atoms with Gasteiger partial charge >= 0.3 is 0 Å². The van der Waals surface area contributed by atoms with E-state index in [0.29, 0.717) is 6.42 Å². The largest absolute Gasteiger partial charge is 0.370 e. The number of benzene rings is 1. The van der Waals surface area contributed by atoms with E-state index in [1.807, 2.05) is 12.1 Å². The Hall–Kier alpha value is -1.31. The number of amides is 1. The molecule has 0 fully saturated rings. The second kappa shape index (κ2) is 4.08. The van der Waals surface area contributed by atoms with Gasteiger partial charge < -0.3 is 5.73 Å². The summed E-state index contributed by atoms with van der Waals surface area (Å²) in [6.45, 7) is 4.15. The van der Waals surface area contributed by atoms with E-state index in [-0.39, 0.29) is 5.91 Å². The van der Waals surface area contributed by atoms with Crippen molar-refractivity contribution in [1.29, 1.82) is 0 Å². The number of hydrogen-bond acceptors (Lipinski definition) is 1. The summed E-state index contributed by atoms with van der Waals surface area (Å²) in [7, 11) is 0. The van der Waals surface area contributed by atoms with Gasteiger partial charge in [-0.25, -0.2) is 0 Å². The number of primary amides is 1. The second-order valence-corrected chi connectivity index (χ2v) is 3.33. The van der Waals surface area contributed by atoms with Crippen molar-refractivity contribution in [3.05, 3.63) is 34.9 Å². The lowest BCUT2D eigenvalue weighted by atomic mass is 10.00. The molecule has 2 heteroatoms.